The van der Waals surface area contributed by atoms with E-state index in [0.717, 1.165) is 22.3 Å². The summed E-state index contributed by atoms with van der Waals surface area (Å²) in [5.41, 5.74) is 4.58. The zero-order valence-corrected chi connectivity index (χ0v) is 18.2. The topological polar surface area (TPSA) is 37.4 Å². The van der Waals surface area contributed by atoms with E-state index >= 15 is 0 Å². The zero-order valence-electron chi connectivity index (χ0n) is 16.6. The summed E-state index contributed by atoms with van der Waals surface area (Å²) in [6.07, 6.45) is 0.606. The normalized spacial score (nSPS) is 14.6. The molecule has 2 amide bonds. The van der Waals surface area contributed by atoms with Crippen molar-refractivity contribution in [1.29, 1.82) is 0 Å². The third-order valence-electron chi connectivity index (χ3n) is 4.67. The largest absolute Gasteiger partial charge is 0.274 e. The number of imide groups is 1. The van der Waals surface area contributed by atoms with Gasteiger partial charge in [-0.3, -0.25) is 14.5 Å². The second-order valence-electron chi connectivity index (χ2n) is 7.33. The van der Waals surface area contributed by atoms with Gasteiger partial charge < -0.3 is 0 Å². The van der Waals surface area contributed by atoms with Gasteiger partial charge in [0.1, 0.15) is 0 Å². The molecule has 3 nitrogen and oxygen atoms in total. The molecule has 0 atom stereocenters. The van der Waals surface area contributed by atoms with E-state index in [1.54, 1.807) is 0 Å². The molecule has 0 fully saturated rings. The summed E-state index contributed by atoms with van der Waals surface area (Å²) in [7, 11) is 0. The van der Waals surface area contributed by atoms with Crippen molar-refractivity contribution in [2.24, 2.45) is 0 Å². The molecule has 2 aromatic carbocycles. The van der Waals surface area contributed by atoms with E-state index < -0.39 is 0 Å². The molecule has 3 rings (SSSR count). The van der Waals surface area contributed by atoms with Crippen LogP contribution in [0.3, 0.4) is 0 Å². The lowest BCUT2D eigenvalue weighted by atomic mass is 9.99. The summed E-state index contributed by atoms with van der Waals surface area (Å²) < 4.78 is 0. The molecule has 0 saturated carbocycles. The number of benzene rings is 2. The lowest BCUT2D eigenvalue weighted by molar-refractivity contribution is -0.136. The first-order chi connectivity index (χ1) is 13.3. The van der Waals surface area contributed by atoms with Gasteiger partial charge >= 0.3 is 0 Å². The molecule has 2 aromatic rings. The van der Waals surface area contributed by atoms with Gasteiger partial charge in [-0.1, -0.05) is 61.3 Å². The third-order valence-corrected chi connectivity index (χ3v) is 6.01. The van der Waals surface area contributed by atoms with Crippen LogP contribution in [0.2, 0.25) is 5.02 Å². The number of hydrogen-bond donors (Lipinski definition) is 0. The minimum absolute atomic E-state index is 0.187. The molecule has 0 radical (unpaired) electrons. The second-order valence-corrected chi connectivity index (χ2v) is 9.35. The van der Waals surface area contributed by atoms with E-state index in [1.165, 1.54) is 16.7 Å². The fourth-order valence-electron chi connectivity index (χ4n) is 3.33. The molecule has 1 aliphatic heterocycles. The first kappa shape index (κ1) is 20.7. The summed E-state index contributed by atoms with van der Waals surface area (Å²) in [6, 6.07) is 13.5. The molecular formula is C23H24ClNO2S. The summed E-state index contributed by atoms with van der Waals surface area (Å²) >= 11 is 7.40. The van der Waals surface area contributed by atoms with Gasteiger partial charge in [0.25, 0.3) is 11.8 Å². The molecule has 1 aliphatic rings. The van der Waals surface area contributed by atoms with E-state index in [4.69, 9.17) is 11.6 Å². The minimum Gasteiger partial charge on any atom is -0.274 e. The Bertz CT molecular complexity index is 948. The Morgan fingerprint density at radius 3 is 2.29 bits per heavy atom. The highest BCUT2D eigenvalue weighted by atomic mass is 35.5. The summed E-state index contributed by atoms with van der Waals surface area (Å²) in [5.74, 6) is -0.387. The van der Waals surface area contributed by atoms with Crippen molar-refractivity contribution >= 4 is 40.8 Å². The smallest absolute Gasteiger partial charge is 0.268 e. The van der Waals surface area contributed by atoms with Crippen molar-refractivity contribution in [2.75, 3.05) is 6.54 Å². The maximum Gasteiger partial charge on any atom is 0.268 e. The monoisotopic (exact) mass is 413 g/mol. The van der Waals surface area contributed by atoms with Crippen molar-refractivity contribution in [3.8, 4) is 0 Å². The molecule has 0 unspecified atom stereocenters. The minimum atomic E-state index is -0.200. The number of thioether (sulfide) groups is 1. The SMILES string of the molecule is Cc1ccc(C2=C(SC(C)C)C(=O)N(CCc3ccc(Cl)cc3)C2=O)c(C)c1. The third kappa shape index (κ3) is 4.34. The van der Waals surface area contributed by atoms with Gasteiger partial charge in [0, 0.05) is 16.8 Å². The van der Waals surface area contributed by atoms with Crippen molar-refractivity contribution in [1.82, 2.24) is 4.90 Å². The van der Waals surface area contributed by atoms with E-state index in [0.29, 0.717) is 28.5 Å². The van der Waals surface area contributed by atoms with Gasteiger partial charge in [-0.2, -0.15) is 0 Å². The van der Waals surface area contributed by atoms with E-state index in [1.807, 2.05) is 70.2 Å². The highest BCUT2D eigenvalue weighted by molar-refractivity contribution is 8.04. The first-order valence-electron chi connectivity index (χ1n) is 9.37. The van der Waals surface area contributed by atoms with Crippen LogP contribution in [0.5, 0.6) is 0 Å². The molecule has 1 heterocycles. The van der Waals surface area contributed by atoms with Gasteiger partial charge in [-0.05, 0) is 49.1 Å². The standard InChI is InChI=1S/C23H24ClNO2S/c1-14(2)28-21-20(19-10-5-15(3)13-16(19)4)22(26)25(23(21)27)12-11-17-6-8-18(24)9-7-17/h5-10,13-14H,11-12H2,1-4H3. The Hall–Kier alpha value is -2.04. The van der Waals surface area contributed by atoms with Crippen LogP contribution in [-0.2, 0) is 16.0 Å². The lowest BCUT2D eigenvalue weighted by Gasteiger charge is -2.15. The number of amides is 2. The number of halogens is 1. The van der Waals surface area contributed by atoms with Crippen LogP contribution in [-0.4, -0.2) is 28.5 Å². The van der Waals surface area contributed by atoms with Crippen LogP contribution in [0.4, 0.5) is 0 Å². The quantitative estimate of drug-likeness (QED) is 0.593. The van der Waals surface area contributed by atoms with E-state index in [-0.39, 0.29) is 17.1 Å². The van der Waals surface area contributed by atoms with Gasteiger partial charge in [0.05, 0.1) is 10.5 Å². The van der Waals surface area contributed by atoms with Crippen molar-refractivity contribution < 1.29 is 9.59 Å². The average molecular weight is 414 g/mol. The summed E-state index contributed by atoms with van der Waals surface area (Å²) in [4.78, 5) is 28.3. The van der Waals surface area contributed by atoms with Crippen LogP contribution in [0.1, 0.15) is 36.1 Å². The molecule has 0 spiro atoms. The van der Waals surface area contributed by atoms with Crippen molar-refractivity contribution in [3.63, 3.8) is 0 Å². The molecule has 146 valence electrons. The summed E-state index contributed by atoms with van der Waals surface area (Å²) in [6.45, 7) is 8.43. The fourth-order valence-corrected chi connectivity index (χ4v) is 4.45. The van der Waals surface area contributed by atoms with Crippen molar-refractivity contribution in [2.45, 2.75) is 39.4 Å². The number of hydrogen-bond acceptors (Lipinski definition) is 3. The number of rotatable bonds is 6. The van der Waals surface area contributed by atoms with Gasteiger partial charge in [-0.25, -0.2) is 0 Å². The maximum atomic E-state index is 13.2. The Morgan fingerprint density at radius 1 is 1.00 bits per heavy atom. The molecule has 0 bridgehead atoms. The number of carbonyl (C=O) groups excluding carboxylic acids is 2. The van der Waals surface area contributed by atoms with Crippen LogP contribution >= 0.6 is 23.4 Å². The molecule has 5 heteroatoms. The van der Waals surface area contributed by atoms with E-state index in [2.05, 4.69) is 0 Å². The maximum absolute atomic E-state index is 13.2. The average Bonchev–Trinajstić information content (AvgIpc) is 2.85. The van der Waals surface area contributed by atoms with Crippen LogP contribution < -0.4 is 0 Å². The zero-order chi connectivity index (χ0) is 20.4. The Labute approximate surface area is 175 Å². The highest BCUT2D eigenvalue weighted by Crippen LogP contribution is 2.39. The first-order valence-corrected chi connectivity index (χ1v) is 10.6. The number of carbonyl (C=O) groups is 2. The van der Waals surface area contributed by atoms with Gasteiger partial charge in [0.2, 0.25) is 0 Å². The molecule has 28 heavy (non-hydrogen) atoms. The lowest BCUT2D eigenvalue weighted by Crippen LogP contribution is -2.33. The molecular weight excluding hydrogens is 390 g/mol. The van der Waals surface area contributed by atoms with E-state index in [9.17, 15) is 9.59 Å². The summed E-state index contributed by atoms with van der Waals surface area (Å²) in [5, 5.41) is 0.884. The van der Waals surface area contributed by atoms with Crippen LogP contribution in [0.25, 0.3) is 5.57 Å². The van der Waals surface area contributed by atoms with Crippen LogP contribution in [0, 0.1) is 13.8 Å². The Kier molecular flexibility index (Phi) is 6.31. The molecule has 0 saturated heterocycles. The highest BCUT2D eigenvalue weighted by Gasteiger charge is 2.39. The fraction of sp³-hybridized carbons (Fsp3) is 0.304. The second kappa shape index (κ2) is 8.54. The number of aryl methyl sites for hydroxylation is 2. The van der Waals surface area contributed by atoms with Crippen LogP contribution in [0.15, 0.2) is 47.4 Å². The molecule has 0 N–H and O–H groups in total. The Morgan fingerprint density at radius 2 is 1.68 bits per heavy atom. The van der Waals surface area contributed by atoms with Crippen molar-refractivity contribution in [3.05, 3.63) is 74.6 Å². The predicted octanol–water partition coefficient (Wildman–Crippen LogP) is 5.42. The Balaban J connectivity index is 1.91. The molecule has 0 aliphatic carbocycles. The van der Waals surface area contributed by atoms with Gasteiger partial charge in [-0.15, -0.1) is 11.8 Å². The predicted molar refractivity (Wildman–Crippen MR) is 117 cm³/mol. The molecule has 0 aromatic heterocycles. The van der Waals surface area contributed by atoms with Gasteiger partial charge in [0.15, 0.2) is 0 Å². The number of nitrogens with zero attached hydrogens (tertiary/aromatic N) is 1.